The van der Waals surface area contributed by atoms with E-state index >= 15 is 0 Å². The molecule has 1 aliphatic heterocycles. The lowest BCUT2D eigenvalue weighted by molar-refractivity contribution is -0.141. The second-order valence-electron chi connectivity index (χ2n) is 6.88. The number of hydrogen-bond donors (Lipinski definition) is 0. The molecule has 0 atom stereocenters. The number of amides is 1. The van der Waals surface area contributed by atoms with Crippen LogP contribution in [0.3, 0.4) is 0 Å². The van der Waals surface area contributed by atoms with Gasteiger partial charge in [-0.1, -0.05) is 0 Å². The number of nitriles is 1. The van der Waals surface area contributed by atoms with Crippen LogP contribution >= 0.6 is 0 Å². The molecule has 3 aromatic heterocycles. The summed E-state index contributed by atoms with van der Waals surface area (Å²) in [5.41, 5.74) is -0.736. The van der Waals surface area contributed by atoms with Crippen molar-refractivity contribution in [1.29, 1.82) is 5.26 Å². The van der Waals surface area contributed by atoms with E-state index in [-0.39, 0.29) is 29.2 Å². The molecule has 0 spiro atoms. The number of pyridine rings is 1. The Morgan fingerprint density at radius 2 is 2.00 bits per heavy atom. The highest BCUT2D eigenvalue weighted by Crippen LogP contribution is 2.31. The SMILES string of the molecule is Cc1cc(C(=O)N2CCn3cnnc3C2)n(-c2nc(C(F)(F)F)cc(C)c2C#N)n1. The van der Waals surface area contributed by atoms with Gasteiger partial charge in [0.25, 0.3) is 5.91 Å². The van der Waals surface area contributed by atoms with Crippen LogP contribution in [0.1, 0.15) is 38.8 Å². The van der Waals surface area contributed by atoms with E-state index in [1.165, 1.54) is 17.9 Å². The molecule has 9 nitrogen and oxygen atoms in total. The molecule has 0 saturated carbocycles. The van der Waals surface area contributed by atoms with Gasteiger partial charge in [-0.3, -0.25) is 4.79 Å². The predicted molar refractivity (Wildman–Crippen MR) is 95.3 cm³/mol. The summed E-state index contributed by atoms with van der Waals surface area (Å²) in [6, 6.07) is 4.13. The number of aromatic nitrogens is 6. The molecule has 4 heterocycles. The third-order valence-corrected chi connectivity index (χ3v) is 4.78. The van der Waals surface area contributed by atoms with E-state index < -0.39 is 17.8 Å². The van der Waals surface area contributed by atoms with Crippen molar-refractivity contribution in [3.8, 4) is 11.9 Å². The second kappa shape index (κ2) is 6.94. The number of carbonyl (C=O) groups is 1. The summed E-state index contributed by atoms with van der Waals surface area (Å²) in [4.78, 5) is 18.3. The Labute approximate surface area is 168 Å². The van der Waals surface area contributed by atoms with Crippen LogP contribution in [-0.2, 0) is 19.3 Å². The molecule has 3 aromatic rings. The second-order valence-corrected chi connectivity index (χ2v) is 6.88. The van der Waals surface area contributed by atoms with E-state index in [1.807, 2.05) is 10.6 Å². The number of carbonyl (C=O) groups excluding carboxylic acids is 1. The van der Waals surface area contributed by atoms with E-state index in [4.69, 9.17) is 0 Å². The Morgan fingerprint density at radius 3 is 2.70 bits per heavy atom. The standard InChI is InChI=1S/C18H15F3N8O/c1-10-5-14(18(19,20)21)24-16(12(10)7-22)29-13(6-11(2)26-29)17(30)27-3-4-28-9-23-25-15(28)8-27/h5-6,9H,3-4,8H2,1-2H3. The molecule has 0 aliphatic carbocycles. The molecule has 0 radical (unpaired) electrons. The van der Waals surface area contributed by atoms with Gasteiger partial charge in [0.1, 0.15) is 23.8 Å². The molecule has 30 heavy (non-hydrogen) atoms. The van der Waals surface area contributed by atoms with Crippen molar-refractivity contribution in [2.75, 3.05) is 6.54 Å². The molecule has 0 N–H and O–H groups in total. The number of rotatable bonds is 2. The van der Waals surface area contributed by atoms with Gasteiger partial charge in [-0.25, -0.2) is 9.67 Å². The van der Waals surface area contributed by atoms with E-state index in [1.54, 1.807) is 13.3 Å². The number of hydrogen-bond acceptors (Lipinski definition) is 6. The summed E-state index contributed by atoms with van der Waals surface area (Å²) in [6.07, 6.45) is -3.14. The van der Waals surface area contributed by atoms with Gasteiger partial charge in [-0.05, 0) is 31.5 Å². The van der Waals surface area contributed by atoms with Crippen molar-refractivity contribution in [2.45, 2.75) is 33.1 Å². The molecule has 4 rings (SSSR count). The molecule has 0 bridgehead atoms. The first-order valence-electron chi connectivity index (χ1n) is 8.91. The van der Waals surface area contributed by atoms with E-state index in [0.29, 0.717) is 24.6 Å². The third kappa shape index (κ3) is 3.28. The average Bonchev–Trinajstić information content (AvgIpc) is 3.31. The Morgan fingerprint density at radius 1 is 1.23 bits per heavy atom. The van der Waals surface area contributed by atoms with Crippen molar-refractivity contribution < 1.29 is 18.0 Å². The number of aryl methyl sites for hydroxylation is 2. The first-order chi connectivity index (χ1) is 14.2. The highest BCUT2D eigenvalue weighted by atomic mass is 19.4. The zero-order valence-electron chi connectivity index (χ0n) is 16.0. The van der Waals surface area contributed by atoms with Crippen molar-refractivity contribution in [2.24, 2.45) is 0 Å². The molecular weight excluding hydrogens is 401 g/mol. The Kier molecular flexibility index (Phi) is 4.53. The summed E-state index contributed by atoms with van der Waals surface area (Å²) in [6.45, 7) is 4.05. The highest BCUT2D eigenvalue weighted by Gasteiger charge is 2.35. The molecule has 12 heteroatoms. The minimum absolute atomic E-state index is 0.0168. The Balaban J connectivity index is 1.80. The maximum Gasteiger partial charge on any atom is 0.433 e. The zero-order chi connectivity index (χ0) is 21.6. The van der Waals surface area contributed by atoms with Crippen molar-refractivity contribution in [3.63, 3.8) is 0 Å². The van der Waals surface area contributed by atoms with Crippen LogP contribution in [0.25, 0.3) is 5.82 Å². The number of halogens is 3. The summed E-state index contributed by atoms with van der Waals surface area (Å²) in [7, 11) is 0. The topological polar surface area (TPSA) is 106 Å². The minimum atomic E-state index is -4.71. The van der Waals surface area contributed by atoms with Gasteiger partial charge in [0.15, 0.2) is 11.6 Å². The van der Waals surface area contributed by atoms with Crippen LogP contribution in [-0.4, -0.2) is 46.9 Å². The number of nitrogens with zero attached hydrogens (tertiary/aromatic N) is 8. The van der Waals surface area contributed by atoms with Crippen LogP contribution in [0.5, 0.6) is 0 Å². The summed E-state index contributed by atoms with van der Waals surface area (Å²) >= 11 is 0. The first kappa shape index (κ1) is 19.6. The summed E-state index contributed by atoms with van der Waals surface area (Å²) < 4.78 is 42.7. The molecule has 0 aromatic carbocycles. The zero-order valence-corrected chi connectivity index (χ0v) is 16.0. The third-order valence-electron chi connectivity index (χ3n) is 4.78. The smallest absolute Gasteiger partial charge is 0.328 e. The van der Waals surface area contributed by atoms with Crippen LogP contribution in [0, 0.1) is 25.2 Å². The predicted octanol–water partition coefficient (Wildman–Crippen LogP) is 2.02. The van der Waals surface area contributed by atoms with Gasteiger partial charge in [-0.2, -0.15) is 23.5 Å². The minimum Gasteiger partial charge on any atom is -0.328 e. The van der Waals surface area contributed by atoms with Crippen LogP contribution in [0.2, 0.25) is 0 Å². The normalized spacial score (nSPS) is 13.8. The molecule has 1 amide bonds. The molecule has 0 saturated heterocycles. The van der Waals surface area contributed by atoms with Gasteiger partial charge < -0.3 is 9.47 Å². The molecule has 1 aliphatic rings. The fourth-order valence-corrected chi connectivity index (χ4v) is 3.31. The number of alkyl halides is 3. The molecule has 0 unspecified atom stereocenters. The quantitative estimate of drug-likeness (QED) is 0.633. The van der Waals surface area contributed by atoms with Crippen molar-refractivity contribution in [1.82, 2.24) is 34.4 Å². The first-order valence-corrected chi connectivity index (χ1v) is 8.91. The maximum atomic E-state index is 13.3. The van der Waals surface area contributed by atoms with Gasteiger partial charge in [0.2, 0.25) is 0 Å². The molecule has 0 fully saturated rings. The fraction of sp³-hybridized carbons (Fsp3) is 0.333. The fourth-order valence-electron chi connectivity index (χ4n) is 3.31. The Bertz CT molecular complexity index is 1190. The van der Waals surface area contributed by atoms with Crippen LogP contribution < -0.4 is 0 Å². The lowest BCUT2D eigenvalue weighted by Crippen LogP contribution is -2.39. The van der Waals surface area contributed by atoms with Gasteiger partial charge >= 0.3 is 6.18 Å². The van der Waals surface area contributed by atoms with E-state index in [0.717, 1.165) is 10.7 Å². The van der Waals surface area contributed by atoms with Crippen molar-refractivity contribution in [3.05, 3.63) is 52.5 Å². The van der Waals surface area contributed by atoms with Crippen LogP contribution in [0.4, 0.5) is 13.2 Å². The lowest BCUT2D eigenvalue weighted by atomic mass is 10.1. The summed E-state index contributed by atoms with van der Waals surface area (Å²) in [5, 5.41) is 21.4. The largest absolute Gasteiger partial charge is 0.433 e. The highest BCUT2D eigenvalue weighted by molar-refractivity contribution is 5.93. The summed E-state index contributed by atoms with van der Waals surface area (Å²) in [5.74, 6) is -0.185. The van der Waals surface area contributed by atoms with Gasteiger partial charge in [-0.15, -0.1) is 10.2 Å². The van der Waals surface area contributed by atoms with Crippen molar-refractivity contribution >= 4 is 5.91 Å². The van der Waals surface area contributed by atoms with Gasteiger partial charge in [0, 0.05) is 13.1 Å². The average molecular weight is 416 g/mol. The molecular formula is C18H15F3N8O. The Hall–Kier alpha value is -3.75. The monoisotopic (exact) mass is 416 g/mol. The molecule has 154 valence electrons. The van der Waals surface area contributed by atoms with Crippen LogP contribution in [0.15, 0.2) is 18.5 Å². The van der Waals surface area contributed by atoms with E-state index in [2.05, 4.69) is 20.3 Å². The van der Waals surface area contributed by atoms with E-state index in [9.17, 15) is 23.2 Å². The lowest BCUT2D eigenvalue weighted by Gasteiger charge is -2.27. The maximum absolute atomic E-state index is 13.3. The van der Waals surface area contributed by atoms with Gasteiger partial charge in [0.05, 0.1) is 17.8 Å². The number of fused-ring (bicyclic) bond motifs is 1.